The average molecular weight is 613 g/mol. The highest BCUT2D eigenvalue weighted by molar-refractivity contribution is 6.00. The molecule has 2 heterocycles. The SMILES string of the molecule is NC(=O)[C@H](NC(=O)c1cc(C(=O)NCc2cccc(CNc3c(N)c(=O)c3=O)c2)n2c(O)cnc2n1)c1ccc(C(=O)O)cc1. The molecule has 0 saturated carbocycles. The third-order valence-electron chi connectivity index (χ3n) is 6.84. The van der Waals surface area contributed by atoms with Crippen molar-refractivity contribution in [1.29, 1.82) is 0 Å². The van der Waals surface area contributed by atoms with Gasteiger partial charge in [-0.1, -0.05) is 36.4 Å². The number of aromatic hydroxyl groups is 1. The predicted octanol–water partition coefficient (Wildman–Crippen LogP) is -0.190. The number of carbonyl (C=O) groups excluding carboxylic acids is 3. The van der Waals surface area contributed by atoms with Crippen molar-refractivity contribution in [1.82, 2.24) is 25.0 Å². The van der Waals surface area contributed by atoms with Crippen molar-refractivity contribution in [2.45, 2.75) is 19.1 Å². The van der Waals surface area contributed by atoms with Crippen LogP contribution >= 0.6 is 0 Å². The zero-order valence-electron chi connectivity index (χ0n) is 23.1. The number of rotatable bonds is 11. The zero-order chi connectivity index (χ0) is 32.4. The summed E-state index contributed by atoms with van der Waals surface area (Å²) in [7, 11) is 0. The molecule has 5 aromatic rings. The van der Waals surface area contributed by atoms with E-state index < -0.39 is 46.5 Å². The van der Waals surface area contributed by atoms with Crippen LogP contribution in [0.1, 0.15) is 54.1 Å². The summed E-state index contributed by atoms with van der Waals surface area (Å²) in [4.78, 5) is 80.7. The Balaban J connectivity index is 1.33. The van der Waals surface area contributed by atoms with Crippen LogP contribution in [0.25, 0.3) is 5.78 Å². The molecule has 9 N–H and O–H groups in total. The molecule has 5 rings (SSSR count). The molecule has 228 valence electrons. The number of hydrogen-bond donors (Lipinski definition) is 7. The number of aromatic nitrogens is 3. The maximum Gasteiger partial charge on any atom is 0.335 e. The fraction of sp³-hybridized carbons (Fsp3) is 0.103. The molecule has 0 saturated heterocycles. The molecule has 0 bridgehead atoms. The normalized spacial score (nSPS) is 11.6. The maximum atomic E-state index is 13.3. The van der Waals surface area contributed by atoms with Gasteiger partial charge in [0.15, 0.2) is 0 Å². The van der Waals surface area contributed by atoms with Crippen molar-refractivity contribution < 1.29 is 29.4 Å². The third-order valence-corrected chi connectivity index (χ3v) is 6.84. The molecule has 16 heteroatoms. The van der Waals surface area contributed by atoms with Crippen molar-refractivity contribution in [3.63, 3.8) is 0 Å². The molecule has 0 aliphatic rings. The number of nitrogens with one attached hydrogen (secondary N) is 3. The van der Waals surface area contributed by atoms with Crippen LogP contribution < -0.4 is 38.3 Å². The molecule has 0 unspecified atom stereocenters. The number of carboxylic acid groups (broad SMARTS) is 1. The number of primary amides is 1. The van der Waals surface area contributed by atoms with E-state index in [4.69, 9.17) is 16.6 Å². The Bertz CT molecular complexity index is 2060. The molecule has 0 spiro atoms. The minimum atomic E-state index is -1.36. The number of nitrogens with two attached hydrogens (primary N) is 2. The molecule has 0 radical (unpaired) electrons. The van der Waals surface area contributed by atoms with Crippen LogP contribution in [0.2, 0.25) is 0 Å². The highest BCUT2D eigenvalue weighted by atomic mass is 16.4. The van der Waals surface area contributed by atoms with Gasteiger partial charge in [-0.2, -0.15) is 0 Å². The lowest BCUT2D eigenvalue weighted by atomic mass is 10.0. The number of benzene rings is 2. The number of hydrogen-bond acceptors (Lipinski definition) is 11. The summed E-state index contributed by atoms with van der Waals surface area (Å²) in [6.07, 6.45) is 1.04. The second-order valence-corrected chi connectivity index (χ2v) is 9.82. The summed E-state index contributed by atoms with van der Waals surface area (Å²) >= 11 is 0. The van der Waals surface area contributed by atoms with Gasteiger partial charge in [-0.15, -0.1) is 0 Å². The van der Waals surface area contributed by atoms with E-state index in [-0.39, 0.29) is 52.8 Å². The number of fused-ring (bicyclic) bond motifs is 1. The lowest BCUT2D eigenvalue weighted by molar-refractivity contribution is -0.120. The first kappa shape index (κ1) is 29.9. The number of nitrogen functional groups attached to an aromatic ring is 1. The van der Waals surface area contributed by atoms with Gasteiger partial charge in [0.05, 0.1) is 11.8 Å². The Morgan fingerprint density at radius 2 is 1.62 bits per heavy atom. The van der Waals surface area contributed by atoms with Gasteiger partial charge < -0.3 is 37.6 Å². The molecule has 2 aromatic heterocycles. The van der Waals surface area contributed by atoms with E-state index >= 15 is 0 Å². The van der Waals surface area contributed by atoms with Crippen molar-refractivity contribution in [2.24, 2.45) is 5.73 Å². The molecular formula is C29H24N8O8. The van der Waals surface area contributed by atoms with Gasteiger partial charge in [-0.25, -0.2) is 19.2 Å². The average Bonchev–Trinajstić information content (AvgIpc) is 3.42. The lowest BCUT2D eigenvalue weighted by Crippen LogP contribution is -2.38. The first-order chi connectivity index (χ1) is 21.4. The predicted molar refractivity (Wildman–Crippen MR) is 158 cm³/mol. The van der Waals surface area contributed by atoms with Crippen molar-refractivity contribution in [2.75, 3.05) is 11.1 Å². The second kappa shape index (κ2) is 12.0. The first-order valence-corrected chi connectivity index (χ1v) is 13.1. The molecule has 1 atom stereocenters. The Morgan fingerprint density at radius 1 is 0.933 bits per heavy atom. The zero-order valence-corrected chi connectivity index (χ0v) is 23.1. The minimum absolute atomic E-state index is 0.0197. The molecule has 45 heavy (non-hydrogen) atoms. The first-order valence-electron chi connectivity index (χ1n) is 13.1. The summed E-state index contributed by atoms with van der Waals surface area (Å²) < 4.78 is 1.03. The van der Waals surface area contributed by atoms with Crippen LogP contribution in [-0.2, 0) is 17.9 Å². The fourth-order valence-corrected chi connectivity index (χ4v) is 4.50. The largest absolute Gasteiger partial charge is 0.493 e. The van der Waals surface area contributed by atoms with Gasteiger partial charge in [0.2, 0.25) is 17.6 Å². The lowest BCUT2D eigenvalue weighted by Gasteiger charge is -2.16. The quantitative estimate of drug-likeness (QED) is 0.0957. The van der Waals surface area contributed by atoms with Crippen LogP contribution in [-0.4, -0.2) is 48.3 Å². The number of imidazole rings is 1. The molecule has 0 fully saturated rings. The van der Waals surface area contributed by atoms with E-state index in [0.717, 1.165) is 22.2 Å². The number of carboxylic acids is 1. The number of carbonyl (C=O) groups is 4. The van der Waals surface area contributed by atoms with Crippen molar-refractivity contribution >= 4 is 40.8 Å². The smallest absolute Gasteiger partial charge is 0.335 e. The number of amides is 3. The van der Waals surface area contributed by atoms with Gasteiger partial charge in [-0.05, 0) is 34.9 Å². The Morgan fingerprint density at radius 3 is 2.27 bits per heavy atom. The van der Waals surface area contributed by atoms with Crippen molar-refractivity contribution in [3.8, 4) is 5.88 Å². The van der Waals surface area contributed by atoms with Crippen LogP contribution in [0.3, 0.4) is 0 Å². The van der Waals surface area contributed by atoms with Crippen LogP contribution in [0.5, 0.6) is 5.88 Å². The van der Waals surface area contributed by atoms with Crippen LogP contribution in [0.4, 0.5) is 11.4 Å². The number of aromatic carboxylic acids is 1. The fourth-order valence-electron chi connectivity index (χ4n) is 4.50. The van der Waals surface area contributed by atoms with E-state index in [0.29, 0.717) is 5.56 Å². The van der Waals surface area contributed by atoms with E-state index in [1.807, 2.05) is 0 Å². The standard InChI is InChI=1S/C29H24N8O8/c30-20-22(24(40)23(20)39)32-10-13-2-1-3-14(8-13)11-33-27(43)18-9-17(35-29-34-12-19(38)37(18)29)26(42)36-21(25(31)41)15-4-6-16(7-5-15)28(44)45/h1-9,12,21,32,38H,10-11,30H2,(H2,31,41)(H,33,43)(H,36,42)(H,44,45)/t21-/m1/s1. The molecular weight excluding hydrogens is 588 g/mol. The van der Waals surface area contributed by atoms with Gasteiger partial charge in [-0.3, -0.25) is 24.0 Å². The van der Waals surface area contributed by atoms with E-state index in [1.54, 1.807) is 24.3 Å². The van der Waals surface area contributed by atoms with E-state index in [2.05, 4.69) is 25.9 Å². The summed E-state index contributed by atoms with van der Waals surface area (Å²) in [6.45, 7) is 0.213. The molecule has 3 amide bonds. The van der Waals surface area contributed by atoms with Crippen molar-refractivity contribution in [3.05, 3.63) is 115 Å². The van der Waals surface area contributed by atoms with Gasteiger partial charge in [0.1, 0.15) is 28.8 Å². The highest BCUT2D eigenvalue weighted by Crippen LogP contribution is 2.19. The molecule has 3 aromatic carbocycles. The van der Waals surface area contributed by atoms with Gasteiger partial charge in [0.25, 0.3) is 22.7 Å². The third kappa shape index (κ3) is 6.00. The summed E-state index contributed by atoms with van der Waals surface area (Å²) in [5.41, 5.74) is 10.6. The monoisotopic (exact) mass is 612 g/mol. The number of nitrogens with zero attached hydrogens (tertiary/aromatic N) is 3. The maximum absolute atomic E-state index is 13.3. The highest BCUT2D eigenvalue weighted by Gasteiger charge is 2.25. The Labute approximate surface area is 252 Å². The number of anilines is 2. The minimum Gasteiger partial charge on any atom is -0.493 e. The van der Waals surface area contributed by atoms with E-state index in [9.17, 15) is 33.9 Å². The second-order valence-electron chi connectivity index (χ2n) is 9.82. The van der Waals surface area contributed by atoms with Gasteiger partial charge >= 0.3 is 5.97 Å². The molecule has 16 nitrogen and oxygen atoms in total. The Kier molecular flexibility index (Phi) is 7.95. The van der Waals surface area contributed by atoms with Crippen LogP contribution in [0.15, 0.2) is 70.4 Å². The summed E-state index contributed by atoms with van der Waals surface area (Å²) in [5.74, 6) is -4.33. The molecule has 0 aliphatic carbocycles. The summed E-state index contributed by atoms with van der Waals surface area (Å²) in [6, 6.07) is 11.9. The topological polar surface area (TPSA) is 261 Å². The van der Waals surface area contributed by atoms with E-state index in [1.165, 1.54) is 24.3 Å². The van der Waals surface area contributed by atoms with Crippen LogP contribution in [0, 0.1) is 0 Å². The summed E-state index contributed by atoms with van der Waals surface area (Å²) in [5, 5.41) is 27.4. The van der Waals surface area contributed by atoms with Gasteiger partial charge in [0, 0.05) is 13.1 Å². The molecule has 0 aliphatic heterocycles. The Hall–Kier alpha value is -6.58.